The first-order valence-corrected chi connectivity index (χ1v) is 9.59. The van der Waals surface area contributed by atoms with Crippen molar-refractivity contribution in [1.29, 1.82) is 0 Å². The molecule has 0 saturated heterocycles. The molecule has 5 nitrogen and oxygen atoms in total. The fourth-order valence-corrected chi connectivity index (χ4v) is 4.05. The van der Waals surface area contributed by atoms with Crippen LogP contribution in [0.3, 0.4) is 0 Å². The molecule has 0 atom stereocenters. The van der Waals surface area contributed by atoms with Gasteiger partial charge in [-0.25, -0.2) is 0 Å². The Morgan fingerprint density at radius 1 is 1.16 bits per heavy atom. The third-order valence-electron chi connectivity index (χ3n) is 4.12. The first-order valence-electron chi connectivity index (χ1n) is 8.30. The van der Waals surface area contributed by atoms with E-state index >= 15 is 0 Å². The molecule has 1 aliphatic heterocycles. The number of likely N-dealkylation sites (N-methyl/N-ethyl adjacent to an activating group) is 2. The summed E-state index contributed by atoms with van der Waals surface area (Å²) in [6.45, 7) is 7.35. The van der Waals surface area contributed by atoms with Gasteiger partial charge in [-0.3, -0.25) is 9.59 Å². The molecule has 1 aromatic rings. The number of anilines is 1. The van der Waals surface area contributed by atoms with E-state index in [4.69, 9.17) is 12.2 Å². The van der Waals surface area contributed by atoms with Crippen molar-refractivity contribution < 1.29 is 9.59 Å². The average molecular weight is 378 g/mol. The predicted octanol–water partition coefficient (Wildman–Crippen LogP) is 3.11. The maximum absolute atomic E-state index is 13.0. The number of para-hydroxylation sites is 1. The monoisotopic (exact) mass is 377 g/mol. The highest BCUT2D eigenvalue weighted by atomic mass is 32.2. The minimum Gasteiger partial charge on any atom is -0.342 e. The van der Waals surface area contributed by atoms with E-state index in [0.29, 0.717) is 24.7 Å². The minimum absolute atomic E-state index is 0.176. The van der Waals surface area contributed by atoms with Gasteiger partial charge >= 0.3 is 0 Å². The molecule has 2 rings (SSSR count). The summed E-state index contributed by atoms with van der Waals surface area (Å²) in [5, 5.41) is 0.675. The summed E-state index contributed by atoms with van der Waals surface area (Å²) in [4.78, 5) is 32.0. The van der Waals surface area contributed by atoms with Gasteiger partial charge in [0.1, 0.15) is 5.57 Å². The number of nitrogens with zero attached hydrogens (tertiary/aromatic N) is 3. The highest BCUT2D eigenvalue weighted by Crippen LogP contribution is 2.47. The first kappa shape index (κ1) is 19.5. The molecule has 0 bridgehead atoms. The Hall–Kier alpha value is -1.86. The van der Waals surface area contributed by atoms with Crippen molar-refractivity contribution in [2.45, 2.75) is 25.7 Å². The number of carbonyl (C=O) groups excluding carboxylic acids is 2. The second-order valence-corrected chi connectivity index (χ2v) is 6.75. The van der Waals surface area contributed by atoms with Gasteiger partial charge in [0.05, 0.1) is 16.2 Å². The Morgan fingerprint density at radius 3 is 2.40 bits per heavy atom. The number of hydrogen-bond donors (Lipinski definition) is 0. The van der Waals surface area contributed by atoms with Gasteiger partial charge in [-0.15, -0.1) is 0 Å². The van der Waals surface area contributed by atoms with Gasteiger partial charge in [0.25, 0.3) is 11.8 Å². The second kappa shape index (κ2) is 8.49. The van der Waals surface area contributed by atoms with E-state index in [2.05, 4.69) is 0 Å². The zero-order valence-corrected chi connectivity index (χ0v) is 16.6. The Labute approximate surface area is 158 Å². The van der Waals surface area contributed by atoms with Crippen LogP contribution in [0, 0.1) is 0 Å². The quantitative estimate of drug-likeness (QED) is 0.330. The maximum Gasteiger partial charge on any atom is 0.266 e. The summed E-state index contributed by atoms with van der Waals surface area (Å²) >= 11 is 6.43. The molecular weight excluding hydrogens is 354 g/mol. The summed E-state index contributed by atoms with van der Waals surface area (Å²) in [5.41, 5.74) is 2.51. The number of rotatable bonds is 6. The number of hydrogen-bond acceptors (Lipinski definition) is 5. The lowest BCUT2D eigenvalue weighted by atomic mass is 10.2. The molecule has 0 saturated carbocycles. The Kier molecular flexibility index (Phi) is 6.61. The number of benzene rings is 1. The van der Waals surface area contributed by atoms with Crippen LogP contribution in [0.25, 0.3) is 0 Å². The van der Waals surface area contributed by atoms with Crippen LogP contribution in [-0.4, -0.2) is 53.8 Å². The third-order valence-corrected chi connectivity index (χ3v) is 5.55. The van der Waals surface area contributed by atoms with Gasteiger partial charge in [-0.2, -0.15) is 0 Å². The van der Waals surface area contributed by atoms with Crippen LogP contribution in [0.2, 0.25) is 0 Å². The highest BCUT2D eigenvalue weighted by Gasteiger charge is 2.35. The van der Waals surface area contributed by atoms with Crippen molar-refractivity contribution in [1.82, 2.24) is 9.80 Å². The van der Waals surface area contributed by atoms with Crippen LogP contribution >= 0.6 is 24.0 Å². The topological polar surface area (TPSA) is 43.9 Å². The zero-order chi connectivity index (χ0) is 18.6. The summed E-state index contributed by atoms with van der Waals surface area (Å²) in [5.74, 6) is -0.631. The maximum atomic E-state index is 13.0. The van der Waals surface area contributed by atoms with Crippen molar-refractivity contribution in [2.75, 3.05) is 31.6 Å². The Morgan fingerprint density at radius 2 is 1.84 bits per heavy atom. The van der Waals surface area contributed by atoms with Gasteiger partial charge in [0.15, 0.2) is 0 Å². The minimum atomic E-state index is -0.350. The molecule has 0 fully saturated rings. The lowest BCUT2D eigenvalue weighted by Gasteiger charge is -2.25. The third kappa shape index (κ3) is 3.72. The smallest absolute Gasteiger partial charge is 0.266 e. The normalized spacial score (nSPS) is 14.8. The van der Waals surface area contributed by atoms with Gasteiger partial charge < -0.3 is 14.7 Å². The van der Waals surface area contributed by atoms with E-state index in [1.165, 1.54) is 22.2 Å². The van der Waals surface area contributed by atoms with Crippen LogP contribution in [0.5, 0.6) is 0 Å². The van der Waals surface area contributed by atoms with Gasteiger partial charge in [-0.05, 0) is 32.9 Å². The largest absolute Gasteiger partial charge is 0.342 e. The number of carbonyl (C=O) groups is 2. The number of fused-ring (bicyclic) bond motifs is 1. The molecular formula is C18H23N3O2S2. The Bertz CT molecular complexity index is 718. The zero-order valence-electron chi connectivity index (χ0n) is 15.0. The highest BCUT2D eigenvalue weighted by molar-refractivity contribution is 8.03. The molecule has 0 N–H and O–H groups in total. The van der Waals surface area contributed by atoms with Crippen molar-refractivity contribution in [3.63, 3.8) is 0 Å². The molecule has 1 aliphatic rings. The first-order chi connectivity index (χ1) is 12.0. The summed E-state index contributed by atoms with van der Waals surface area (Å²) in [7, 11) is 1.70. The molecule has 0 spiro atoms. The van der Waals surface area contributed by atoms with Crippen molar-refractivity contribution >= 4 is 47.0 Å². The molecule has 1 aromatic carbocycles. The predicted molar refractivity (Wildman–Crippen MR) is 107 cm³/mol. The number of amides is 2. The molecule has 7 heteroatoms. The van der Waals surface area contributed by atoms with Gasteiger partial charge in [0, 0.05) is 31.6 Å². The lowest BCUT2D eigenvalue weighted by Crippen LogP contribution is -2.40. The second-order valence-electron chi connectivity index (χ2n) is 5.51. The molecule has 1 heterocycles. The Balaban J connectivity index is 2.62. The summed E-state index contributed by atoms with van der Waals surface area (Å²) in [6.07, 6.45) is 0. The van der Waals surface area contributed by atoms with Crippen LogP contribution < -0.4 is 4.90 Å². The van der Waals surface area contributed by atoms with E-state index in [-0.39, 0.29) is 17.4 Å². The molecule has 0 aliphatic carbocycles. The van der Waals surface area contributed by atoms with Crippen LogP contribution in [0.1, 0.15) is 20.8 Å². The molecule has 0 unspecified atom stereocenters. The number of thiocarbonyl (C=S) groups is 1. The standard InChI is InChI=1S/C18H23N3O2S2/c1-5-19(4)16(22)15(17(23)20(6-2)12-24)18-21(7-3)13-10-8-9-11-14(13)25-18/h8-12H,5-7H2,1-4H3/b18-15-. The van der Waals surface area contributed by atoms with Crippen LogP contribution in [0.15, 0.2) is 39.8 Å². The number of thioether (sulfide) groups is 1. The summed E-state index contributed by atoms with van der Waals surface area (Å²) in [6, 6.07) is 7.93. The van der Waals surface area contributed by atoms with Crippen molar-refractivity contribution in [3.8, 4) is 0 Å². The SMILES string of the molecule is CCN(C)C(=O)/C(C(=O)N(C=S)CC)=C1/Sc2ccccc2N1CC. The van der Waals surface area contributed by atoms with Crippen LogP contribution in [0.4, 0.5) is 5.69 Å². The van der Waals surface area contributed by atoms with E-state index < -0.39 is 0 Å². The molecule has 25 heavy (non-hydrogen) atoms. The van der Waals surface area contributed by atoms with Crippen LogP contribution in [-0.2, 0) is 9.59 Å². The van der Waals surface area contributed by atoms with Gasteiger partial charge in [0.2, 0.25) is 0 Å². The van der Waals surface area contributed by atoms with E-state index in [1.807, 2.05) is 49.9 Å². The molecule has 0 aromatic heterocycles. The molecule has 0 radical (unpaired) electrons. The molecule has 134 valence electrons. The van der Waals surface area contributed by atoms with E-state index in [0.717, 1.165) is 10.6 Å². The van der Waals surface area contributed by atoms with E-state index in [1.54, 1.807) is 11.9 Å². The van der Waals surface area contributed by atoms with Crippen molar-refractivity contribution in [3.05, 3.63) is 34.9 Å². The average Bonchev–Trinajstić information content (AvgIpc) is 3.00. The molecule has 2 amide bonds. The fourth-order valence-electron chi connectivity index (χ4n) is 2.55. The van der Waals surface area contributed by atoms with Crippen molar-refractivity contribution in [2.24, 2.45) is 0 Å². The lowest BCUT2D eigenvalue weighted by molar-refractivity contribution is -0.131. The van der Waals surface area contributed by atoms with E-state index in [9.17, 15) is 9.59 Å². The summed E-state index contributed by atoms with van der Waals surface area (Å²) < 4.78 is 0. The fraction of sp³-hybridized carbons (Fsp3) is 0.389. The van der Waals surface area contributed by atoms with Gasteiger partial charge in [-0.1, -0.05) is 36.1 Å².